The monoisotopic (exact) mass is 384 g/mol. The van der Waals surface area contributed by atoms with E-state index in [2.05, 4.69) is 40.7 Å². The highest BCUT2D eigenvalue weighted by Crippen LogP contribution is 2.65. The summed E-state index contributed by atoms with van der Waals surface area (Å²) < 4.78 is 0. The van der Waals surface area contributed by atoms with Crippen LogP contribution in [-0.2, 0) is 0 Å². The topological polar surface area (TPSA) is 20.2 Å². The Bertz CT molecular complexity index is 653. The molecule has 4 aliphatic carbocycles. The normalized spacial score (nSPS) is 43.8. The molecular formula is C27H44O. The van der Waals surface area contributed by atoms with E-state index in [4.69, 9.17) is 0 Å². The van der Waals surface area contributed by atoms with Gasteiger partial charge in [0.25, 0.3) is 0 Å². The lowest BCUT2D eigenvalue weighted by Crippen LogP contribution is -2.49. The summed E-state index contributed by atoms with van der Waals surface area (Å²) in [6.45, 7) is 12.1. The van der Waals surface area contributed by atoms with Crippen molar-refractivity contribution in [3.8, 4) is 0 Å². The maximum atomic E-state index is 11.0. The van der Waals surface area contributed by atoms with Crippen LogP contribution in [0.1, 0.15) is 105 Å². The van der Waals surface area contributed by atoms with Gasteiger partial charge in [-0.05, 0) is 107 Å². The first kappa shape index (κ1) is 20.7. The van der Waals surface area contributed by atoms with E-state index in [1.165, 1.54) is 69.8 Å². The maximum absolute atomic E-state index is 11.0. The summed E-state index contributed by atoms with van der Waals surface area (Å²) in [6.07, 6.45) is 16.7. The van der Waals surface area contributed by atoms with Crippen molar-refractivity contribution in [3.63, 3.8) is 0 Å². The van der Waals surface area contributed by atoms with E-state index >= 15 is 0 Å². The van der Waals surface area contributed by atoms with Gasteiger partial charge >= 0.3 is 0 Å². The van der Waals surface area contributed by atoms with E-state index in [-0.39, 0.29) is 11.5 Å². The third-order valence-electron chi connectivity index (χ3n) is 9.98. The zero-order valence-electron chi connectivity index (χ0n) is 19.2. The molecule has 0 heterocycles. The Morgan fingerprint density at radius 3 is 2.64 bits per heavy atom. The second-order valence-corrected chi connectivity index (χ2v) is 11.5. The molecule has 2 fully saturated rings. The highest BCUT2D eigenvalue weighted by molar-refractivity contribution is 5.35. The van der Waals surface area contributed by atoms with Crippen molar-refractivity contribution < 1.29 is 5.11 Å². The fourth-order valence-electron chi connectivity index (χ4n) is 8.32. The Morgan fingerprint density at radius 1 is 1.11 bits per heavy atom. The van der Waals surface area contributed by atoms with Crippen LogP contribution in [0.2, 0.25) is 0 Å². The molecule has 0 aromatic rings. The van der Waals surface area contributed by atoms with Crippen LogP contribution in [0.5, 0.6) is 0 Å². The molecule has 0 spiro atoms. The molecule has 4 rings (SSSR count). The first-order valence-electron chi connectivity index (χ1n) is 12.3. The Morgan fingerprint density at radius 2 is 1.89 bits per heavy atom. The molecule has 158 valence electrons. The number of allylic oxidation sites excluding steroid dienone is 3. The van der Waals surface area contributed by atoms with Gasteiger partial charge in [0.1, 0.15) is 0 Å². The number of aliphatic hydroxyl groups excluding tert-OH is 1. The third-order valence-corrected chi connectivity index (χ3v) is 9.98. The van der Waals surface area contributed by atoms with Crippen molar-refractivity contribution in [2.24, 2.45) is 34.5 Å². The van der Waals surface area contributed by atoms with Crippen molar-refractivity contribution in [2.75, 3.05) is 0 Å². The van der Waals surface area contributed by atoms with E-state index < -0.39 is 0 Å². The average Bonchev–Trinajstić information content (AvgIpc) is 3.00. The highest BCUT2D eigenvalue weighted by atomic mass is 16.3. The number of aliphatic hydroxyl groups is 1. The standard InChI is InChI=1S/C27H44O/c1-18(2)8-6-9-19(3)22-14-15-23-21-13-12-20-10-7-11-25(28)27(20,5)24(21)16-17-26(22,23)4/h8,19-20,22-23,25,28H,6-7,9-17H2,1-5H3/t19-,20?,22-,23+,25?,26-,27+/m1/s1. The molecule has 0 saturated heterocycles. The van der Waals surface area contributed by atoms with Gasteiger partial charge < -0.3 is 5.11 Å². The van der Waals surface area contributed by atoms with Crippen LogP contribution < -0.4 is 0 Å². The van der Waals surface area contributed by atoms with E-state index in [1.807, 2.05) is 5.57 Å². The molecule has 0 aromatic heterocycles. The first-order chi connectivity index (χ1) is 13.3. The van der Waals surface area contributed by atoms with E-state index in [0.29, 0.717) is 5.41 Å². The highest BCUT2D eigenvalue weighted by Gasteiger charge is 2.56. The van der Waals surface area contributed by atoms with E-state index in [0.717, 1.165) is 30.1 Å². The summed E-state index contributed by atoms with van der Waals surface area (Å²) in [4.78, 5) is 0. The minimum absolute atomic E-state index is 0.0962. The molecule has 0 aliphatic heterocycles. The van der Waals surface area contributed by atoms with Gasteiger partial charge in [-0.15, -0.1) is 0 Å². The molecule has 1 heteroatoms. The zero-order valence-corrected chi connectivity index (χ0v) is 19.2. The Kier molecular flexibility index (Phi) is 5.62. The van der Waals surface area contributed by atoms with Crippen molar-refractivity contribution in [1.82, 2.24) is 0 Å². The molecule has 1 nitrogen and oxygen atoms in total. The predicted molar refractivity (Wildman–Crippen MR) is 119 cm³/mol. The predicted octanol–water partition coefficient (Wildman–Crippen LogP) is 7.45. The van der Waals surface area contributed by atoms with Crippen molar-refractivity contribution in [3.05, 3.63) is 22.8 Å². The third kappa shape index (κ3) is 3.15. The number of rotatable bonds is 4. The summed E-state index contributed by atoms with van der Waals surface area (Å²) in [5.74, 6) is 3.26. The maximum Gasteiger partial charge on any atom is 0.0633 e. The minimum Gasteiger partial charge on any atom is -0.392 e. The van der Waals surface area contributed by atoms with Gasteiger partial charge in [0.05, 0.1) is 6.10 Å². The van der Waals surface area contributed by atoms with Gasteiger partial charge in [-0.2, -0.15) is 0 Å². The smallest absolute Gasteiger partial charge is 0.0633 e. The average molecular weight is 385 g/mol. The van der Waals surface area contributed by atoms with E-state index in [1.54, 1.807) is 5.57 Å². The summed E-state index contributed by atoms with van der Waals surface area (Å²) in [6, 6.07) is 0. The summed E-state index contributed by atoms with van der Waals surface area (Å²) in [7, 11) is 0. The van der Waals surface area contributed by atoms with Crippen LogP contribution in [0.15, 0.2) is 22.8 Å². The fourth-order valence-corrected chi connectivity index (χ4v) is 8.32. The first-order valence-corrected chi connectivity index (χ1v) is 12.3. The SMILES string of the molecule is CC(C)=CCC[C@@H](C)[C@H]1CC[C@H]2C3=C(CC[C@]12C)[C@@]1(C)C(O)CCCC1CC3. The minimum atomic E-state index is -0.0962. The number of fused-ring (bicyclic) bond motifs is 4. The molecule has 1 N–H and O–H groups in total. The van der Waals surface area contributed by atoms with Crippen molar-refractivity contribution in [1.29, 1.82) is 0 Å². The molecule has 0 radical (unpaired) electrons. The van der Waals surface area contributed by atoms with Gasteiger partial charge in [-0.1, -0.05) is 50.0 Å². The molecule has 2 unspecified atom stereocenters. The van der Waals surface area contributed by atoms with Crippen LogP contribution in [0, 0.1) is 34.5 Å². The molecule has 0 amide bonds. The largest absolute Gasteiger partial charge is 0.392 e. The van der Waals surface area contributed by atoms with Crippen LogP contribution in [-0.4, -0.2) is 11.2 Å². The molecule has 28 heavy (non-hydrogen) atoms. The van der Waals surface area contributed by atoms with Gasteiger partial charge in [-0.3, -0.25) is 0 Å². The van der Waals surface area contributed by atoms with Crippen LogP contribution in [0.25, 0.3) is 0 Å². The van der Waals surface area contributed by atoms with E-state index in [9.17, 15) is 5.11 Å². The molecular weight excluding hydrogens is 340 g/mol. The van der Waals surface area contributed by atoms with Gasteiger partial charge in [0.15, 0.2) is 0 Å². The van der Waals surface area contributed by atoms with Crippen LogP contribution in [0.4, 0.5) is 0 Å². The second-order valence-electron chi connectivity index (χ2n) is 11.5. The molecule has 7 atom stereocenters. The summed E-state index contributed by atoms with van der Waals surface area (Å²) >= 11 is 0. The molecule has 0 bridgehead atoms. The lowest BCUT2D eigenvalue weighted by molar-refractivity contribution is -0.0363. The van der Waals surface area contributed by atoms with Gasteiger partial charge in [0, 0.05) is 5.41 Å². The summed E-state index contributed by atoms with van der Waals surface area (Å²) in [5.41, 5.74) is 5.63. The quantitative estimate of drug-likeness (QED) is 0.499. The van der Waals surface area contributed by atoms with Crippen molar-refractivity contribution >= 4 is 0 Å². The van der Waals surface area contributed by atoms with Crippen molar-refractivity contribution in [2.45, 2.75) is 111 Å². The lowest BCUT2D eigenvalue weighted by atomic mass is 9.50. The van der Waals surface area contributed by atoms with Gasteiger partial charge in [0.2, 0.25) is 0 Å². The van der Waals surface area contributed by atoms with Crippen LogP contribution in [0.3, 0.4) is 0 Å². The second kappa shape index (κ2) is 7.60. The Labute approximate surface area is 174 Å². The number of hydrogen-bond donors (Lipinski definition) is 1. The Balaban J connectivity index is 1.58. The zero-order chi connectivity index (χ0) is 20.1. The lowest BCUT2D eigenvalue weighted by Gasteiger charge is -2.56. The molecule has 4 aliphatic rings. The summed E-state index contributed by atoms with van der Waals surface area (Å²) in [5, 5.41) is 11.0. The number of hydrogen-bond acceptors (Lipinski definition) is 1. The molecule has 2 saturated carbocycles. The fraction of sp³-hybridized carbons (Fsp3) is 0.852. The van der Waals surface area contributed by atoms with Gasteiger partial charge in [-0.25, -0.2) is 0 Å². The van der Waals surface area contributed by atoms with Crippen LogP contribution >= 0.6 is 0 Å². The molecule has 0 aromatic carbocycles. The Hall–Kier alpha value is -0.560.